The van der Waals surface area contributed by atoms with Crippen LogP contribution < -0.4 is 5.73 Å². The van der Waals surface area contributed by atoms with E-state index >= 15 is 0 Å². The van der Waals surface area contributed by atoms with Crippen molar-refractivity contribution in [2.24, 2.45) is 5.73 Å². The highest BCUT2D eigenvalue weighted by molar-refractivity contribution is 9.10. The fourth-order valence-corrected chi connectivity index (χ4v) is 1.76. The maximum atomic E-state index is 5.51. The Morgan fingerprint density at radius 3 is 2.93 bits per heavy atom. The Kier molecular flexibility index (Phi) is 2.60. The van der Waals surface area contributed by atoms with E-state index < -0.39 is 0 Å². The van der Waals surface area contributed by atoms with Crippen LogP contribution >= 0.6 is 15.9 Å². The zero-order chi connectivity index (χ0) is 9.97. The number of pyridine rings is 1. The highest BCUT2D eigenvalue weighted by atomic mass is 79.9. The van der Waals surface area contributed by atoms with E-state index in [1.54, 1.807) is 18.7 Å². The first kappa shape index (κ1) is 9.36. The second kappa shape index (κ2) is 3.89. The lowest BCUT2D eigenvalue weighted by molar-refractivity contribution is 0.959. The van der Waals surface area contributed by atoms with Crippen LogP contribution in [-0.2, 0) is 6.54 Å². The largest absolute Gasteiger partial charge is 0.326 e. The van der Waals surface area contributed by atoms with Crippen LogP contribution in [0.2, 0.25) is 0 Å². The van der Waals surface area contributed by atoms with E-state index in [4.69, 9.17) is 5.73 Å². The molecular formula is C9H9BrN4. The molecule has 0 aliphatic heterocycles. The quantitative estimate of drug-likeness (QED) is 0.882. The molecule has 14 heavy (non-hydrogen) atoms. The molecule has 0 aromatic carbocycles. The first-order chi connectivity index (χ1) is 6.81. The van der Waals surface area contributed by atoms with E-state index in [0.717, 1.165) is 15.9 Å². The Bertz CT molecular complexity index is 424. The fraction of sp³-hybridized carbons (Fsp3) is 0.111. The summed E-state index contributed by atoms with van der Waals surface area (Å²) in [5.74, 6) is 0.819. The van der Waals surface area contributed by atoms with Crippen LogP contribution in [0.25, 0.3) is 5.82 Å². The molecule has 0 spiro atoms. The predicted octanol–water partition coefficient (Wildman–Crippen LogP) is 1.49. The Balaban J connectivity index is 2.46. The van der Waals surface area contributed by atoms with Gasteiger partial charge >= 0.3 is 0 Å². The second-order valence-electron chi connectivity index (χ2n) is 2.82. The van der Waals surface area contributed by atoms with Crippen LogP contribution in [0.3, 0.4) is 0 Å². The fourth-order valence-electron chi connectivity index (χ4n) is 1.16. The SMILES string of the molecule is NCc1cnc(-n2ccnc2)c(Br)c1. The zero-order valence-corrected chi connectivity index (χ0v) is 8.98. The van der Waals surface area contributed by atoms with E-state index in [2.05, 4.69) is 25.9 Å². The number of rotatable bonds is 2. The molecule has 2 N–H and O–H groups in total. The average Bonchev–Trinajstić information content (AvgIpc) is 2.70. The number of nitrogens with two attached hydrogens (primary N) is 1. The van der Waals surface area contributed by atoms with Gasteiger partial charge in [-0.1, -0.05) is 0 Å². The Labute approximate surface area is 89.9 Å². The summed E-state index contributed by atoms with van der Waals surface area (Å²) in [6.45, 7) is 0.496. The first-order valence-electron chi connectivity index (χ1n) is 4.14. The summed E-state index contributed by atoms with van der Waals surface area (Å²) < 4.78 is 2.75. The van der Waals surface area contributed by atoms with Crippen LogP contribution in [0.15, 0.2) is 35.5 Å². The summed E-state index contributed by atoms with van der Waals surface area (Å²) in [6.07, 6.45) is 7.02. The number of aromatic nitrogens is 3. The minimum Gasteiger partial charge on any atom is -0.326 e. The van der Waals surface area contributed by atoms with Gasteiger partial charge in [-0.05, 0) is 27.6 Å². The monoisotopic (exact) mass is 252 g/mol. The van der Waals surface area contributed by atoms with E-state index in [9.17, 15) is 0 Å². The van der Waals surface area contributed by atoms with E-state index in [0.29, 0.717) is 6.54 Å². The van der Waals surface area contributed by atoms with Crippen LogP contribution in [-0.4, -0.2) is 14.5 Å². The third kappa shape index (κ3) is 1.69. The van der Waals surface area contributed by atoms with Gasteiger partial charge in [-0.15, -0.1) is 0 Å². The van der Waals surface area contributed by atoms with Crippen molar-refractivity contribution in [2.45, 2.75) is 6.54 Å². The number of imidazole rings is 1. The van der Waals surface area contributed by atoms with Gasteiger partial charge in [0.25, 0.3) is 0 Å². The smallest absolute Gasteiger partial charge is 0.152 e. The van der Waals surface area contributed by atoms with E-state index in [1.807, 2.05) is 16.8 Å². The van der Waals surface area contributed by atoms with Crippen molar-refractivity contribution in [1.82, 2.24) is 14.5 Å². The summed E-state index contributed by atoms with van der Waals surface area (Å²) >= 11 is 3.44. The number of halogens is 1. The molecule has 72 valence electrons. The van der Waals surface area contributed by atoms with Gasteiger partial charge < -0.3 is 5.73 Å². The van der Waals surface area contributed by atoms with Crippen molar-refractivity contribution in [1.29, 1.82) is 0 Å². The molecular weight excluding hydrogens is 244 g/mol. The van der Waals surface area contributed by atoms with Gasteiger partial charge in [0.1, 0.15) is 6.33 Å². The van der Waals surface area contributed by atoms with Gasteiger partial charge in [0.2, 0.25) is 0 Å². The molecule has 0 aliphatic rings. The van der Waals surface area contributed by atoms with Gasteiger partial charge in [0.05, 0.1) is 4.47 Å². The van der Waals surface area contributed by atoms with Crippen LogP contribution in [0.5, 0.6) is 0 Å². The Hall–Kier alpha value is -1.20. The molecule has 0 saturated heterocycles. The molecule has 0 amide bonds. The normalized spacial score (nSPS) is 10.4. The highest BCUT2D eigenvalue weighted by Gasteiger charge is 2.03. The zero-order valence-electron chi connectivity index (χ0n) is 7.39. The molecule has 5 heteroatoms. The lowest BCUT2D eigenvalue weighted by Crippen LogP contribution is -2.01. The van der Waals surface area contributed by atoms with E-state index in [1.165, 1.54) is 0 Å². The van der Waals surface area contributed by atoms with Gasteiger partial charge in [-0.2, -0.15) is 0 Å². The number of hydrogen-bond donors (Lipinski definition) is 1. The average molecular weight is 253 g/mol. The summed E-state index contributed by atoms with van der Waals surface area (Å²) in [6, 6.07) is 1.96. The number of hydrogen-bond acceptors (Lipinski definition) is 3. The summed E-state index contributed by atoms with van der Waals surface area (Å²) in [4.78, 5) is 8.25. The lowest BCUT2D eigenvalue weighted by Gasteiger charge is -2.05. The summed E-state index contributed by atoms with van der Waals surface area (Å²) in [5.41, 5.74) is 6.51. The maximum Gasteiger partial charge on any atom is 0.152 e. The topological polar surface area (TPSA) is 56.7 Å². The van der Waals surface area contributed by atoms with Gasteiger partial charge in [0.15, 0.2) is 5.82 Å². The number of nitrogens with zero attached hydrogens (tertiary/aromatic N) is 3. The summed E-state index contributed by atoms with van der Waals surface area (Å²) in [7, 11) is 0. The summed E-state index contributed by atoms with van der Waals surface area (Å²) in [5, 5.41) is 0. The third-order valence-corrected chi connectivity index (χ3v) is 2.45. The molecule has 0 aliphatic carbocycles. The molecule has 0 unspecified atom stereocenters. The van der Waals surface area contributed by atoms with Crippen LogP contribution in [0, 0.1) is 0 Å². The van der Waals surface area contributed by atoms with Crippen molar-refractivity contribution in [3.05, 3.63) is 41.0 Å². The van der Waals surface area contributed by atoms with Gasteiger partial charge in [0, 0.05) is 25.1 Å². The van der Waals surface area contributed by atoms with Crippen molar-refractivity contribution >= 4 is 15.9 Å². The molecule has 0 bridgehead atoms. The molecule has 2 heterocycles. The Morgan fingerprint density at radius 1 is 1.50 bits per heavy atom. The van der Waals surface area contributed by atoms with Crippen LogP contribution in [0.1, 0.15) is 5.56 Å². The van der Waals surface area contributed by atoms with Crippen molar-refractivity contribution in [3.8, 4) is 5.82 Å². The molecule has 2 aromatic rings. The Morgan fingerprint density at radius 2 is 2.36 bits per heavy atom. The standard InChI is InChI=1S/C9H9BrN4/c10-8-3-7(4-11)5-13-9(8)14-2-1-12-6-14/h1-3,5-6H,4,11H2. The molecule has 0 saturated carbocycles. The molecule has 2 rings (SSSR count). The highest BCUT2D eigenvalue weighted by Crippen LogP contribution is 2.19. The first-order valence-corrected chi connectivity index (χ1v) is 4.93. The maximum absolute atomic E-state index is 5.51. The van der Waals surface area contributed by atoms with Crippen molar-refractivity contribution in [2.75, 3.05) is 0 Å². The minimum atomic E-state index is 0.496. The van der Waals surface area contributed by atoms with E-state index in [-0.39, 0.29) is 0 Å². The minimum absolute atomic E-state index is 0.496. The molecule has 0 fully saturated rings. The molecule has 0 atom stereocenters. The second-order valence-corrected chi connectivity index (χ2v) is 3.68. The third-order valence-electron chi connectivity index (χ3n) is 1.86. The van der Waals surface area contributed by atoms with Gasteiger partial charge in [-0.25, -0.2) is 9.97 Å². The van der Waals surface area contributed by atoms with Crippen molar-refractivity contribution in [3.63, 3.8) is 0 Å². The molecule has 2 aromatic heterocycles. The van der Waals surface area contributed by atoms with Crippen LogP contribution in [0.4, 0.5) is 0 Å². The van der Waals surface area contributed by atoms with Gasteiger partial charge in [-0.3, -0.25) is 4.57 Å². The molecule has 4 nitrogen and oxygen atoms in total. The predicted molar refractivity (Wildman–Crippen MR) is 57.0 cm³/mol. The lowest BCUT2D eigenvalue weighted by atomic mass is 10.3. The van der Waals surface area contributed by atoms with Crippen molar-refractivity contribution < 1.29 is 0 Å². The molecule has 0 radical (unpaired) electrons.